The molecule has 0 aliphatic heterocycles. The van der Waals surface area contributed by atoms with E-state index in [2.05, 4.69) is 9.39 Å². The minimum atomic E-state index is -5.80. The fraction of sp³-hybridized carbons (Fsp3) is 0.667. The summed E-state index contributed by atoms with van der Waals surface area (Å²) in [5.41, 5.74) is 0. The average Bonchev–Trinajstić information content (AvgIpc) is 2.10. The van der Waals surface area contributed by atoms with Gasteiger partial charge >= 0.3 is 25.0 Å². The fourth-order valence-corrected chi connectivity index (χ4v) is 0.682. The van der Waals surface area contributed by atoms with Crippen LogP contribution in [0.15, 0.2) is 0 Å². The second kappa shape index (κ2) is 5.28. The van der Waals surface area contributed by atoms with Crippen LogP contribution in [0.3, 0.4) is 0 Å². The Kier molecular flexibility index (Phi) is 4.84. The quantitative estimate of drug-likeness (QED) is 0.334. The lowest BCUT2D eigenvalue weighted by Crippen LogP contribution is -2.51. The van der Waals surface area contributed by atoms with E-state index in [0.717, 1.165) is 7.11 Å². The van der Waals surface area contributed by atoms with Crippen molar-refractivity contribution in [1.82, 2.24) is 0 Å². The van der Waals surface area contributed by atoms with Crippen LogP contribution in [0.4, 0.5) is 26.3 Å². The molecule has 0 unspecified atom stereocenters. The number of alkyl halides is 6. The lowest BCUT2D eigenvalue weighted by Gasteiger charge is -2.18. The number of halogens is 6. The van der Waals surface area contributed by atoms with Gasteiger partial charge in [0.15, 0.2) is 0 Å². The highest BCUT2D eigenvalue weighted by Gasteiger charge is 2.66. The maximum absolute atomic E-state index is 11.9. The Balaban J connectivity index is 4.68. The van der Waals surface area contributed by atoms with Gasteiger partial charge in [-0.05, 0) is 0 Å². The predicted molar refractivity (Wildman–Crippen MR) is 40.6 cm³/mol. The first-order chi connectivity index (χ1) is 7.48. The van der Waals surface area contributed by atoms with Crippen molar-refractivity contribution < 1.29 is 45.3 Å². The van der Waals surface area contributed by atoms with Crippen LogP contribution in [0.5, 0.6) is 0 Å². The minimum absolute atomic E-state index is 0.806. The van der Waals surface area contributed by atoms with Gasteiger partial charge in [-0.2, -0.15) is 26.3 Å². The molecule has 0 rings (SSSR count). The van der Waals surface area contributed by atoms with E-state index >= 15 is 0 Å². The summed E-state index contributed by atoms with van der Waals surface area (Å²) in [6.07, 6.45) is -12.9. The fourth-order valence-electron chi connectivity index (χ4n) is 0.682. The summed E-state index contributed by atoms with van der Waals surface area (Å²) in [4.78, 5) is 21.0. The van der Waals surface area contributed by atoms with E-state index in [9.17, 15) is 35.9 Å². The molecule has 98 valence electrons. The van der Waals surface area contributed by atoms with Crippen LogP contribution in [0.1, 0.15) is 6.42 Å². The van der Waals surface area contributed by atoms with E-state index in [4.69, 9.17) is 0 Å². The number of carbonyl (C=O) groups excluding carboxylic acids is 2. The molecule has 0 aliphatic rings. The topological polar surface area (TPSA) is 52.6 Å². The zero-order valence-corrected chi connectivity index (χ0v) is 8.19. The Hall–Kier alpha value is -1.42. The van der Waals surface area contributed by atoms with Crippen LogP contribution in [-0.4, -0.2) is 38.1 Å². The highest BCUT2D eigenvalue weighted by atomic mass is 19.4. The predicted octanol–water partition coefficient (Wildman–Crippen LogP) is 1.29. The Labute approximate surface area is 91.0 Å². The summed E-state index contributed by atoms with van der Waals surface area (Å²) >= 11 is 0. The third-order valence-electron chi connectivity index (χ3n) is 1.36. The van der Waals surface area contributed by atoms with Crippen LogP contribution < -0.4 is 0 Å². The molecule has 0 saturated heterocycles. The van der Waals surface area contributed by atoms with Crippen LogP contribution in [0.25, 0.3) is 0 Å². The van der Waals surface area contributed by atoms with Crippen molar-refractivity contribution in [2.24, 2.45) is 0 Å². The summed E-state index contributed by atoms with van der Waals surface area (Å²) in [5, 5.41) is 0. The van der Waals surface area contributed by atoms with Gasteiger partial charge in [-0.25, -0.2) is 0 Å². The van der Waals surface area contributed by atoms with Gasteiger partial charge in [0.2, 0.25) is 0 Å². The second-order valence-corrected chi connectivity index (χ2v) is 2.71. The number of hydrogen-bond donors (Lipinski definition) is 0. The molecule has 0 aromatic rings. The number of esters is 1. The molecule has 0 bridgehead atoms. The number of hydrogen-bond acceptors (Lipinski definition) is 4. The molecule has 0 aromatic carbocycles. The Bertz CT molecular complexity index is 284. The second-order valence-electron chi connectivity index (χ2n) is 2.71. The SMILES string of the molecule is COC(=O)CC(=O)OB(C(F)(F)F)C(F)(F)F. The smallest absolute Gasteiger partial charge is 0.519 e. The molecule has 0 atom stereocenters. The number of carbonyl (C=O) groups is 2. The number of ether oxygens (including phenoxy) is 1. The molecule has 4 nitrogen and oxygen atoms in total. The Morgan fingerprint density at radius 1 is 1.00 bits per heavy atom. The Morgan fingerprint density at radius 2 is 1.41 bits per heavy atom. The normalized spacial score (nSPS) is 11.9. The van der Waals surface area contributed by atoms with Crippen molar-refractivity contribution >= 4 is 18.9 Å². The molecule has 0 aliphatic carbocycles. The van der Waals surface area contributed by atoms with Gasteiger partial charge < -0.3 is 9.39 Å². The van der Waals surface area contributed by atoms with Crippen LogP contribution in [0, 0.1) is 0 Å². The van der Waals surface area contributed by atoms with Crippen LogP contribution >= 0.6 is 0 Å². The molecule has 17 heavy (non-hydrogen) atoms. The molecule has 0 aromatic heterocycles. The summed E-state index contributed by atoms with van der Waals surface area (Å²) in [5.74, 6) is -3.28. The van der Waals surface area contributed by atoms with Crippen LogP contribution in [-0.2, 0) is 19.0 Å². The van der Waals surface area contributed by atoms with E-state index in [0.29, 0.717) is 0 Å². The summed E-state index contributed by atoms with van der Waals surface area (Å²) < 4.78 is 78.3. The third-order valence-corrected chi connectivity index (χ3v) is 1.36. The van der Waals surface area contributed by atoms with Gasteiger partial charge in [0, 0.05) is 0 Å². The van der Waals surface area contributed by atoms with Gasteiger partial charge in [0.05, 0.1) is 7.11 Å². The van der Waals surface area contributed by atoms with Crippen molar-refractivity contribution in [3.63, 3.8) is 0 Å². The summed E-state index contributed by atoms with van der Waals surface area (Å²) in [6.45, 7) is -4.26. The molecular formula is C6H5BF6O4. The first-order valence-corrected chi connectivity index (χ1v) is 3.88. The van der Waals surface area contributed by atoms with Gasteiger partial charge in [-0.1, -0.05) is 0 Å². The zero-order valence-electron chi connectivity index (χ0n) is 8.19. The maximum atomic E-state index is 11.9. The van der Waals surface area contributed by atoms with E-state index in [-0.39, 0.29) is 0 Å². The molecule has 0 radical (unpaired) electrons. The third kappa shape index (κ3) is 5.45. The standard InChI is InChI=1S/C6H5BF6O4/c1-16-3(14)2-4(15)17-7(5(8,9)10)6(11,12)13/h2H2,1H3. The first kappa shape index (κ1) is 15.6. The van der Waals surface area contributed by atoms with E-state index in [1.807, 2.05) is 0 Å². The van der Waals surface area contributed by atoms with Crippen molar-refractivity contribution in [2.75, 3.05) is 7.11 Å². The van der Waals surface area contributed by atoms with Gasteiger partial charge in [-0.15, -0.1) is 0 Å². The largest absolute Gasteiger partial charge is 0.600 e. The summed E-state index contributed by atoms with van der Waals surface area (Å²) in [6, 6.07) is 0. The van der Waals surface area contributed by atoms with Gasteiger partial charge in [0.25, 0.3) is 5.97 Å². The molecule has 0 N–H and O–H groups in total. The van der Waals surface area contributed by atoms with Crippen molar-refractivity contribution in [1.29, 1.82) is 0 Å². The zero-order chi connectivity index (χ0) is 13.9. The average molecular weight is 266 g/mol. The van der Waals surface area contributed by atoms with Crippen molar-refractivity contribution in [3.05, 3.63) is 0 Å². The minimum Gasteiger partial charge on any atom is -0.519 e. The Morgan fingerprint density at radius 3 is 1.71 bits per heavy atom. The van der Waals surface area contributed by atoms with Crippen LogP contribution in [0.2, 0.25) is 0 Å². The van der Waals surface area contributed by atoms with E-state index in [1.54, 1.807) is 0 Å². The number of methoxy groups -OCH3 is 1. The molecule has 11 heteroatoms. The van der Waals surface area contributed by atoms with Gasteiger partial charge in [-0.3, -0.25) is 9.59 Å². The summed E-state index contributed by atoms with van der Waals surface area (Å²) in [7, 11) is 0.806. The highest BCUT2D eigenvalue weighted by molar-refractivity contribution is 6.58. The molecule has 0 fully saturated rings. The molecule has 0 saturated carbocycles. The maximum Gasteiger partial charge on any atom is 0.600 e. The highest BCUT2D eigenvalue weighted by Crippen LogP contribution is 2.32. The number of rotatable bonds is 3. The lowest BCUT2D eigenvalue weighted by atomic mass is 9.66. The lowest BCUT2D eigenvalue weighted by molar-refractivity contribution is -0.157. The molecule has 0 heterocycles. The van der Waals surface area contributed by atoms with Gasteiger partial charge in [0.1, 0.15) is 6.42 Å². The molecular weight excluding hydrogens is 261 g/mol. The first-order valence-electron chi connectivity index (χ1n) is 3.88. The van der Waals surface area contributed by atoms with Crippen molar-refractivity contribution in [2.45, 2.75) is 18.6 Å². The molecule has 0 spiro atoms. The molecule has 0 amide bonds. The monoisotopic (exact) mass is 266 g/mol. The van der Waals surface area contributed by atoms with Crippen molar-refractivity contribution in [3.8, 4) is 0 Å². The van der Waals surface area contributed by atoms with E-state index < -0.39 is 37.4 Å². The van der Waals surface area contributed by atoms with E-state index in [1.165, 1.54) is 0 Å².